The van der Waals surface area contributed by atoms with E-state index in [4.69, 9.17) is 5.84 Å². The maximum absolute atomic E-state index is 13.6. The Labute approximate surface area is 117 Å². The Morgan fingerprint density at radius 1 is 1.33 bits per heavy atom. The van der Waals surface area contributed by atoms with Crippen LogP contribution in [0.15, 0.2) is 18.2 Å². The molecule has 110 valence electrons. The lowest BCUT2D eigenvalue weighted by molar-refractivity contribution is -0.385. The Morgan fingerprint density at radius 3 is 2.67 bits per heavy atom. The number of hydrazine groups is 1. The van der Waals surface area contributed by atoms with Crippen molar-refractivity contribution < 1.29 is 13.7 Å². The second-order valence-electron chi connectivity index (χ2n) is 3.96. The number of halogens is 2. The van der Waals surface area contributed by atoms with Crippen molar-refractivity contribution in [2.24, 2.45) is 5.84 Å². The zero-order valence-electron chi connectivity index (χ0n) is 10.7. The zero-order chi connectivity index (χ0) is 15.6. The summed E-state index contributed by atoms with van der Waals surface area (Å²) in [5, 5.41) is 13.4. The van der Waals surface area contributed by atoms with Gasteiger partial charge in [0.2, 0.25) is 11.8 Å². The molecule has 1 aromatic carbocycles. The number of hydrogen-bond acceptors (Lipinski definition) is 7. The van der Waals surface area contributed by atoms with Crippen LogP contribution in [0.25, 0.3) is 0 Å². The Hall–Kier alpha value is -2.88. The Kier molecular flexibility index (Phi) is 3.89. The summed E-state index contributed by atoms with van der Waals surface area (Å²) in [7, 11) is 0. The van der Waals surface area contributed by atoms with E-state index < -0.39 is 22.2 Å². The SMILES string of the molecule is Cc1nc(NN)nc(Nc2cccc(F)c2F)c1[N+](=O)[O-]. The van der Waals surface area contributed by atoms with E-state index in [1.807, 2.05) is 0 Å². The standard InChI is InChI=1S/C11H10F2N6O2/c1-5-9(19(20)21)10(17-11(15-5)18-14)16-7-4-2-3-6(12)8(7)13/h2-4H,14H2,1H3,(H2,15,16,17,18). The summed E-state index contributed by atoms with van der Waals surface area (Å²) in [4.78, 5) is 17.8. The average molecular weight is 296 g/mol. The minimum atomic E-state index is -1.18. The Morgan fingerprint density at radius 2 is 2.05 bits per heavy atom. The van der Waals surface area contributed by atoms with Crippen LogP contribution in [-0.2, 0) is 0 Å². The topological polar surface area (TPSA) is 119 Å². The molecule has 4 N–H and O–H groups in total. The molecule has 0 amide bonds. The van der Waals surface area contributed by atoms with E-state index >= 15 is 0 Å². The molecule has 10 heteroatoms. The highest BCUT2D eigenvalue weighted by atomic mass is 19.2. The molecule has 0 aliphatic heterocycles. The van der Waals surface area contributed by atoms with Crippen LogP contribution < -0.4 is 16.6 Å². The van der Waals surface area contributed by atoms with Gasteiger partial charge in [0, 0.05) is 0 Å². The molecule has 2 rings (SSSR count). The normalized spacial score (nSPS) is 10.3. The van der Waals surface area contributed by atoms with E-state index in [0.717, 1.165) is 6.07 Å². The third-order valence-corrected chi connectivity index (χ3v) is 2.57. The highest BCUT2D eigenvalue weighted by Gasteiger charge is 2.23. The van der Waals surface area contributed by atoms with Crippen molar-refractivity contribution >= 4 is 23.1 Å². The number of benzene rings is 1. The van der Waals surface area contributed by atoms with Crippen molar-refractivity contribution in [1.29, 1.82) is 0 Å². The van der Waals surface area contributed by atoms with Gasteiger partial charge < -0.3 is 5.32 Å². The fourth-order valence-corrected chi connectivity index (χ4v) is 1.67. The van der Waals surface area contributed by atoms with Gasteiger partial charge in [-0.1, -0.05) is 6.07 Å². The monoisotopic (exact) mass is 296 g/mol. The van der Waals surface area contributed by atoms with Gasteiger partial charge in [0.15, 0.2) is 11.6 Å². The molecule has 1 heterocycles. The van der Waals surface area contributed by atoms with Gasteiger partial charge >= 0.3 is 5.69 Å². The fourth-order valence-electron chi connectivity index (χ4n) is 1.67. The van der Waals surface area contributed by atoms with Crippen molar-refractivity contribution in [3.63, 3.8) is 0 Å². The number of aryl methyl sites for hydroxylation is 1. The van der Waals surface area contributed by atoms with Gasteiger partial charge in [0.25, 0.3) is 0 Å². The number of nitrogens with two attached hydrogens (primary N) is 1. The molecule has 0 radical (unpaired) electrons. The summed E-state index contributed by atoms with van der Waals surface area (Å²) in [6, 6.07) is 3.39. The van der Waals surface area contributed by atoms with E-state index in [-0.39, 0.29) is 23.1 Å². The fraction of sp³-hybridized carbons (Fsp3) is 0.0909. The third kappa shape index (κ3) is 2.84. The van der Waals surface area contributed by atoms with Gasteiger partial charge in [-0.2, -0.15) is 4.98 Å². The number of nitro groups is 1. The van der Waals surface area contributed by atoms with Gasteiger partial charge in [-0.3, -0.25) is 15.5 Å². The molecular weight excluding hydrogens is 286 g/mol. The van der Waals surface area contributed by atoms with E-state index in [1.54, 1.807) is 0 Å². The van der Waals surface area contributed by atoms with Crippen molar-refractivity contribution in [1.82, 2.24) is 9.97 Å². The second-order valence-corrected chi connectivity index (χ2v) is 3.96. The molecule has 21 heavy (non-hydrogen) atoms. The minimum Gasteiger partial charge on any atom is -0.332 e. The molecule has 1 aromatic heterocycles. The maximum atomic E-state index is 13.6. The quantitative estimate of drug-likeness (QED) is 0.448. The largest absolute Gasteiger partial charge is 0.332 e. The van der Waals surface area contributed by atoms with E-state index in [0.29, 0.717) is 0 Å². The lowest BCUT2D eigenvalue weighted by Gasteiger charge is -2.10. The van der Waals surface area contributed by atoms with Crippen LogP contribution in [-0.4, -0.2) is 14.9 Å². The molecule has 0 saturated heterocycles. The van der Waals surface area contributed by atoms with Crippen molar-refractivity contribution in [2.75, 3.05) is 10.7 Å². The summed E-state index contributed by atoms with van der Waals surface area (Å²) >= 11 is 0. The lowest BCUT2D eigenvalue weighted by Crippen LogP contribution is -2.14. The number of aromatic nitrogens is 2. The molecule has 0 fully saturated rings. The second kappa shape index (κ2) is 5.63. The molecule has 0 saturated carbocycles. The van der Waals surface area contributed by atoms with Crippen LogP contribution >= 0.6 is 0 Å². The summed E-state index contributed by atoms with van der Waals surface area (Å²) in [5.41, 5.74) is 1.40. The summed E-state index contributed by atoms with van der Waals surface area (Å²) < 4.78 is 26.8. The van der Waals surface area contributed by atoms with Crippen LogP contribution in [0.3, 0.4) is 0 Å². The van der Waals surface area contributed by atoms with E-state index in [2.05, 4.69) is 20.7 Å². The molecule has 0 aliphatic carbocycles. The van der Waals surface area contributed by atoms with Gasteiger partial charge in [-0.15, -0.1) is 0 Å². The van der Waals surface area contributed by atoms with E-state index in [9.17, 15) is 18.9 Å². The molecular formula is C11H10F2N6O2. The highest BCUT2D eigenvalue weighted by Crippen LogP contribution is 2.30. The number of hydrogen-bond donors (Lipinski definition) is 3. The van der Waals surface area contributed by atoms with Crippen LogP contribution in [0.2, 0.25) is 0 Å². The predicted octanol–water partition coefficient (Wildman–Crippen LogP) is 2.00. The van der Waals surface area contributed by atoms with Crippen LogP contribution in [0.4, 0.5) is 31.9 Å². The number of nitrogens with one attached hydrogen (secondary N) is 2. The average Bonchev–Trinajstić information content (AvgIpc) is 2.42. The molecule has 0 aliphatic rings. The number of rotatable bonds is 4. The van der Waals surface area contributed by atoms with Gasteiger partial charge in [-0.05, 0) is 19.1 Å². The summed E-state index contributed by atoms with van der Waals surface area (Å²) in [5.74, 6) is 2.49. The van der Waals surface area contributed by atoms with Crippen LogP contribution in [0, 0.1) is 28.7 Å². The Bertz CT molecular complexity index is 709. The molecule has 2 aromatic rings. The number of nitrogens with zero attached hydrogens (tertiary/aromatic N) is 3. The van der Waals surface area contributed by atoms with Gasteiger partial charge in [0.05, 0.1) is 10.6 Å². The number of anilines is 3. The first-order valence-corrected chi connectivity index (χ1v) is 5.64. The molecule has 0 atom stereocenters. The number of nitrogen functional groups attached to an aromatic ring is 1. The Balaban J connectivity index is 2.54. The van der Waals surface area contributed by atoms with Gasteiger partial charge in [-0.25, -0.2) is 19.6 Å². The first-order valence-electron chi connectivity index (χ1n) is 5.64. The van der Waals surface area contributed by atoms with Crippen molar-refractivity contribution in [2.45, 2.75) is 6.92 Å². The van der Waals surface area contributed by atoms with Crippen molar-refractivity contribution in [3.05, 3.63) is 45.6 Å². The maximum Gasteiger partial charge on any atom is 0.332 e. The molecule has 0 bridgehead atoms. The third-order valence-electron chi connectivity index (χ3n) is 2.57. The smallest absolute Gasteiger partial charge is 0.332 e. The molecule has 0 unspecified atom stereocenters. The van der Waals surface area contributed by atoms with E-state index in [1.165, 1.54) is 19.1 Å². The minimum absolute atomic E-state index is 0.0160. The first kappa shape index (κ1) is 14.5. The predicted molar refractivity (Wildman–Crippen MR) is 70.9 cm³/mol. The summed E-state index contributed by atoms with van der Waals surface area (Å²) in [6.45, 7) is 1.37. The first-order chi connectivity index (χ1) is 9.93. The highest BCUT2D eigenvalue weighted by molar-refractivity contribution is 5.68. The molecule has 0 spiro atoms. The van der Waals surface area contributed by atoms with Gasteiger partial charge in [0.1, 0.15) is 5.69 Å². The zero-order valence-corrected chi connectivity index (χ0v) is 10.7. The lowest BCUT2D eigenvalue weighted by atomic mass is 10.2. The van der Waals surface area contributed by atoms with Crippen LogP contribution in [0.1, 0.15) is 5.69 Å². The van der Waals surface area contributed by atoms with Crippen LogP contribution in [0.5, 0.6) is 0 Å². The van der Waals surface area contributed by atoms with Crippen molar-refractivity contribution in [3.8, 4) is 0 Å². The molecule has 8 nitrogen and oxygen atoms in total. The summed E-state index contributed by atoms with van der Waals surface area (Å²) in [6.07, 6.45) is 0.